The van der Waals surface area contributed by atoms with Crippen molar-refractivity contribution in [1.82, 2.24) is 4.90 Å². The standard InChI is InChI=1S/C9H17N3O2.2C2H6/c1-5(13)8-3-7(4-10)9(11)12(8)6(2)14;2*1-2/h7-9H,3-4,10-11H2,1-2H3;2*1-2H3. The van der Waals surface area contributed by atoms with Crippen LogP contribution in [0.4, 0.5) is 0 Å². The number of rotatable bonds is 2. The van der Waals surface area contributed by atoms with Crippen molar-refractivity contribution in [2.24, 2.45) is 17.4 Å². The van der Waals surface area contributed by atoms with Crippen LogP contribution in [0.25, 0.3) is 0 Å². The molecule has 1 aliphatic rings. The molecule has 1 fully saturated rings. The molecule has 0 saturated carbocycles. The summed E-state index contributed by atoms with van der Waals surface area (Å²) < 4.78 is 0. The summed E-state index contributed by atoms with van der Waals surface area (Å²) in [6.45, 7) is 11.3. The van der Waals surface area contributed by atoms with Gasteiger partial charge in [0.1, 0.15) is 0 Å². The maximum Gasteiger partial charge on any atom is 0.221 e. The summed E-state index contributed by atoms with van der Waals surface area (Å²) in [5, 5.41) is 0. The molecule has 4 N–H and O–H groups in total. The molecule has 0 bridgehead atoms. The SMILES string of the molecule is CC.CC.CC(=O)C1CC(CN)C(N)N1C(C)=O. The predicted molar refractivity (Wildman–Crippen MR) is 74.8 cm³/mol. The highest BCUT2D eigenvalue weighted by atomic mass is 16.2. The van der Waals surface area contributed by atoms with E-state index in [1.165, 1.54) is 18.7 Å². The van der Waals surface area contributed by atoms with Crippen molar-refractivity contribution in [2.75, 3.05) is 6.54 Å². The summed E-state index contributed by atoms with van der Waals surface area (Å²) >= 11 is 0. The first-order valence-electron chi connectivity index (χ1n) is 6.74. The molecule has 5 nitrogen and oxygen atoms in total. The van der Waals surface area contributed by atoms with Gasteiger partial charge >= 0.3 is 0 Å². The molecule has 1 heterocycles. The molecule has 1 saturated heterocycles. The van der Waals surface area contributed by atoms with E-state index in [2.05, 4.69) is 0 Å². The Morgan fingerprint density at radius 3 is 1.83 bits per heavy atom. The molecular weight excluding hydrogens is 230 g/mol. The fourth-order valence-electron chi connectivity index (χ4n) is 2.00. The van der Waals surface area contributed by atoms with E-state index in [0.717, 1.165) is 0 Å². The van der Waals surface area contributed by atoms with Crippen molar-refractivity contribution in [3.05, 3.63) is 0 Å². The molecule has 108 valence electrons. The minimum absolute atomic E-state index is 0.0217. The number of carbonyl (C=O) groups excluding carboxylic acids is 2. The van der Waals surface area contributed by atoms with Crippen LogP contribution in [0.1, 0.15) is 48.0 Å². The van der Waals surface area contributed by atoms with Gasteiger partial charge in [-0.3, -0.25) is 9.59 Å². The Balaban J connectivity index is 0. The van der Waals surface area contributed by atoms with E-state index in [0.29, 0.717) is 13.0 Å². The normalized spacial score (nSPS) is 25.6. The van der Waals surface area contributed by atoms with Gasteiger partial charge in [0.25, 0.3) is 0 Å². The summed E-state index contributed by atoms with van der Waals surface area (Å²) in [4.78, 5) is 24.0. The number of nitrogens with two attached hydrogens (primary N) is 2. The zero-order valence-electron chi connectivity index (χ0n) is 12.6. The number of amides is 1. The number of nitrogens with zero attached hydrogens (tertiary/aromatic N) is 1. The lowest BCUT2D eigenvalue weighted by atomic mass is 10.0. The second-order valence-corrected chi connectivity index (χ2v) is 3.77. The van der Waals surface area contributed by atoms with Crippen LogP contribution < -0.4 is 11.5 Å². The van der Waals surface area contributed by atoms with Crippen LogP contribution in [-0.4, -0.2) is 35.3 Å². The topological polar surface area (TPSA) is 89.4 Å². The summed E-state index contributed by atoms with van der Waals surface area (Å²) in [7, 11) is 0. The molecule has 0 aliphatic carbocycles. The van der Waals surface area contributed by atoms with Crippen LogP contribution in [-0.2, 0) is 9.59 Å². The summed E-state index contributed by atoms with van der Waals surface area (Å²) in [5.74, 6) is -0.145. The van der Waals surface area contributed by atoms with Gasteiger partial charge in [-0.1, -0.05) is 27.7 Å². The van der Waals surface area contributed by atoms with E-state index in [1.807, 2.05) is 27.7 Å². The van der Waals surface area contributed by atoms with E-state index in [4.69, 9.17) is 11.5 Å². The van der Waals surface area contributed by atoms with Gasteiger partial charge in [0.05, 0.1) is 12.2 Å². The lowest BCUT2D eigenvalue weighted by Gasteiger charge is -2.26. The highest BCUT2D eigenvalue weighted by Crippen LogP contribution is 2.26. The quantitative estimate of drug-likeness (QED) is 0.777. The molecule has 0 aromatic rings. The van der Waals surface area contributed by atoms with Crippen molar-refractivity contribution in [2.45, 2.75) is 60.2 Å². The van der Waals surface area contributed by atoms with Crippen LogP contribution >= 0.6 is 0 Å². The Kier molecular flexibility index (Phi) is 10.8. The van der Waals surface area contributed by atoms with Crippen LogP contribution in [0.3, 0.4) is 0 Å². The molecule has 3 atom stereocenters. The number of hydrogen-bond donors (Lipinski definition) is 2. The first kappa shape index (κ1) is 19.4. The van der Waals surface area contributed by atoms with E-state index >= 15 is 0 Å². The highest BCUT2D eigenvalue weighted by molar-refractivity contribution is 5.87. The lowest BCUT2D eigenvalue weighted by molar-refractivity contribution is -0.137. The van der Waals surface area contributed by atoms with Crippen molar-refractivity contribution in [3.8, 4) is 0 Å². The zero-order valence-corrected chi connectivity index (χ0v) is 12.6. The molecule has 0 spiro atoms. The van der Waals surface area contributed by atoms with E-state index in [-0.39, 0.29) is 23.7 Å². The number of carbonyl (C=O) groups is 2. The van der Waals surface area contributed by atoms with Gasteiger partial charge in [0.15, 0.2) is 5.78 Å². The van der Waals surface area contributed by atoms with Gasteiger partial charge in [-0.25, -0.2) is 0 Å². The fraction of sp³-hybridized carbons (Fsp3) is 0.846. The third kappa shape index (κ3) is 4.74. The minimum Gasteiger partial charge on any atom is -0.330 e. The molecule has 3 unspecified atom stereocenters. The third-order valence-corrected chi connectivity index (χ3v) is 2.80. The van der Waals surface area contributed by atoms with Gasteiger partial charge in [0.2, 0.25) is 5.91 Å². The van der Waals surface area contributed by atoms with Gasteiger partial charge in [-0.15, -0.1) is 0 Å². The van der Waals surface area contributed by atoms with E-state index < -0.39 is 6.17 Å². The maximum absolute atomic E-state index is 11.3. The fourth-order valence-corrected chi connectivity index (χ4v) is 2.00. The summed E-state index contributed by atoms with van der Waals surface area (Å²) in [6.07, 6.45) is 0.179. The molecular formula is C13H29N3O2. The Morgan fingerprint density at radius 2 is 1.61 bits per heavy atom. The number of ketones is 1. The molecule has 0 radical (unpaired) electrons. The maximum atomic E-state index is 11.3. The van der Waals surface area contributed by atoms with Crippen molar-refractivity contribution < 1.29 is 9.59 Å². The first-order valence-corrected chi connectivity index (χ1v) is 6.74. The number of hydrogen-bond acceptors (Lipinski definition) is 4. The minimum atomic E-state index is -0.411. The van der Waals surface area contributed by atoms with Crippen LogP contribution in [0, 0.1) is 5.92 Å². The average Bonchev–Trinajstić information content (AvgIpc) is 2.71. The van der Waals surface area contributed by atoms with Gasteiger partial charge in [-0.2, -0.15) is 0 Å². The van der Waals surface area contributed by atoms with Crippen LogP contribution in [0.5, 0.6) is 0 Å². The Morgan fingerprint density at radius 1 is 1.17 bits per heavy atom. The highest BCUT2D eigenvalue weighted by Gasteiger charge is 2.41. The second kappa shape index (κ2) is 10.0. The summed E-state index contributed by atoms with van der Waals surface area (Å²) in [5.41, 5.74) is 11.4. The Bertz CT molecular complexity index is 257. The molecule has 0 aromatic carbocycles. The number of Topliss-reactive ketones (excluding diaryl/α,β-unsaturated/α-hetero) is 1. The molecule has 0 aromatic heterocycles. The Labute approximate surface area is 111 Å². The van der Waals surface area contributed by atoms with Crippen LogP contribution in [0.2, 0.25) is 0 Å². The van der Waals surface area contributed by atoms with Crippen molar-refractivity contribution in [3.63, 3.8) is 0 Å². The van der Waals surface area contributed by atoms with Gasteiger partial charge in [0, 0.05) is 12.8 Å². The van der Waals surface area contributed by atoms with Crippen molar-refractivity contribution >= 4 is 11.7 Å². The average molecular weight is 259 g/mol. The van der Waals surface area contributed by atoms with Crippen molar-refractivity contribution in [1.29, 1.82) is 0 Å². The first-order chi connectivity index (χ1) is 8.49. The smallest absolute Gasteiger partial charge is 0.221 e. The van der Waals surface area contributed by atoms with Gasteiger partial charge < -0.3 is 16.4 Å². The number of likely N-dealkylation sites (tertiary alicyclic amines) is 1. The molecule has 1 rings (SSSR count). The molecule has 5 heteroatoms. The second-order valence-electron chi connectivity index (χ2n) is 3.77. The summed E-state index contributed by atoms with van der Waals surface area (Å²) in [6, 6.07) is -0.379. The monoisotopic (exact) mass is 259 g/mol. The lowest BCUT2D eigenvalue weighted by Crippen LogP contribution is -2.49. The van der Waals surface area contributed by atoms with Crippen LogP contribution in [0.15, 0.2) is 0 Å². The zero-order chi connectivity index (χ0) is 14.9. The largest absolute Gasteiger partial charge is 0.330 e. The van der Waals surface area contributed by atoms with E-state index in [1.54, 1.807) is 0 Å². The molecule has 18 heavy (non-hydrogen) atoms. The third-order valence-electron chi connectivity index (χ3n) is 2.80. The molecule has 1 aliphatic heterocycles. The molecule has 1 amide bonds. The predicted octanol–water partition coefficient (Wildman–Crippen LogP) is 1.11. The Hall–Kier alpha value is -0.940. The van der Waals surface area contributed by atoms with E-state index in [9.17, 15) is 9.59 Å². The van der Waals surface area contributed by atoms with Gasteiger partial charge in [-0.05, 0) is 19.9 Å².